The van der Waals surface area contributed by atoms with Crippen molar-refractivity contribution in [1.29, 1.82) is 0 Å². The second-order valence-electron chi connectivity index (χ2n) is 9.34. The summed E-state index contributed by atoms with van der Waals surface area (Å²) >= 11 is 0. The molecule has 0 saturated heterocycles. The van der Waals surface area contributed by atoms with E-state index in [9.17, 15) is 9.59 Å². The van der Waals surface area contributed by atoms with E-state index in [-0.39, 0.29) is 11.9 Å². The lowest BCUT2D eigenvalue weighted by molar-refractivity contribution is -0.120. The summed E-state index contributed by atoms with van der Waals surface area (Å²) in [5, 5.41) is 2.69. The van der Waals surface area contributed by atoms with Crippen LogP contribution < -0.4 is 10.2 Å². The number of alkyl carbamates (subject to hydrolysis) is 1. The van der Waals surface area contributed by atoms with E-state index in [4.69, 9.17) is 9.73 Å². The molecule has 0 aliphatic carbocycles. The van der Waals surface area contributed by atoms with Gasteiger partial charge in [0.05, 0.1) is 11.7 Å². The Balaban J connectivity index is 1.60. The number of aryl methyl sites for hydroxylation is 1. The first kappa shape index (κ1) is 21.1. The van der Waals surface area contributed by atoms with Crippen molar-refractivity contribution >= 4 is 29.1 Å². The monoisotopic (exact) mass is 419 g/mol. The van der Waals surface area contributed by atoms with Crippen molar-refractivity contribution in [3.8, 4) is 0 Å². The molecule has 31 heavy (non-hydrogen) atoms. The zero-order valence-corrected chi connectivity index (χ0v) is 18.7. The Bertz CT molecular complexity index is 1070. The Kier molecular flexibility index (Phi) is 5.33. The molecule has 2 aromatic carbocycles. The maximum Gasteiger partial charge on any atom is 0.408 e. The molecule has 0 bridgehead atoms. The number of hydrogen-bond donors (Lipinski definition) is 1. The fraction of sp³-hybridized carbons (Fsp3) is 0.400. The van der Waals surface area contributed by atoms with Crippen LogP contribution in [0.4, 0.5) is 16.2 Å². The highest BCUT2D eigenvalue weighted by Gasteiger charge is 2.40. The number of fused-ring (bicyclic) bond motifs is 2. The minimum absolute atomic E-state index is 0.166. The summed E-state index contributed by atoms with van der Waals surface area (Å²) in [6.45, 7) is 9.13. The van der Waals surface area contributed by atoms with Crippen LogP contribution in [-0.4, -0.2) is 35.4 Å². The van der Waals surface area contributed by atoms with Gasteiger partial charge in [0.2, 0.25) is 5.91 Å². The average Bonchev–Trinajstić information content (AvgIpc) is 3.26. The van der Waals surface area contributed by atoms with Gasteiger partial charge in [-0.05, 0) is 63.4 Å². The van der Waals surface area contributed by atoms with Gasteiger partial charge in [-0.25, -0.2) is 4.79 Å². The molecule has 6 nitrogen and oxygen atoms in total. The molecule has 2 aliphatic heterocycles. The Morgan fingerprint density at radius 2 is 1.90 bits per heavy atom. The van der Waals surface area contributed by atoms with Crippen molar-refractivity contribution in [2.45, 2.75) is 65.1 Å². The van der Waals surface area contributed by atoms with Gasteiger partial charge >= 0.3 is 6.09 Å². The number of amides is 2. The van der Waals surface area contributed by atoms with Crippen molar-refractivity contribution in [2.24, 2.45) is 4.99 Å². The smallest absolute Gasteiger partial charge is 0.408 e. The predicted molar refractivity (Wildman–Crippen MR) is 122 cm³/mol. The second kappa shape index (κ2) is 7.84. The molecule has 0 spiro atoms. The summed E-state index contributed by atoms with van der Waals surface area (Å²) in [5.74, 6) is -0.171. The SMILES string of the molecule is Cc1ccc2c(c1)N=C(C1Cc3ccccc3N1C(=O)C(C)NC(=O)OC(C)(C)C)C2. The van der Waals surface area contributed by atoms with Gasteiger partial charge in [-0.15, -0.1) is 0 Å². The van der Waals surface area contributed by atoms with Gasteiger partial charge in [-0.1, -0.05) is 30.3 Å². The first-order valence-electron chi connectivity index (χ1n) is 10.7. The molecule has 4 rings (SSSR count). The third-order valence-corrected chi connectivity index (χ3v) is 5.58. The fourth-order valence-corrected chi connectivity index (χ4v) is 4.19. The summed E-state index contributed by atoms with van der Waals surface area (Å²) in [4.78, 5) is 32.4. The first-order valence-corrected chi connectivity index (χ1v) is 10.7. The number of anilines is 1. The van der Waals surface area contributed by atoms with Crippen LogP contribution in [0.3, 0.4) is 0 Å². The number of nitrogens with one attached hydrogen (secondary N) is 1. The molecule has 2 amide bonds. The van der Waals surface area contributed by atoms with Crippen LogP contribution in [0.1, 0.15) is 44.4 Å². The normalized spacial score (nSPS) is 18.2. The summed E-state index contributed by atoms with van der Waals surface area (Å²) in [6, 6.07) is 13.3. The molecule has 162 valence electrons. The lowest BCUT2D eigenvalue weighted by atomic mass is 10.0. The van der Waals surface area contributed by atoms with Gasteiger partial charge < -0.3 is 15.0 Å². The van der Waals surface area contributed by atoms with Gasteiger partial charge in [-0.2, -0.15) is 0 Å². The van der Waals surface area contributed by atoms with Gasteiger partial charge in [0.15, 0.2) is 0 Å². The Hall–Kier alpha value is -3.15. The minimum Gasteiger partial charge on any atom is -0.444 e. The van der Waals surface area contributed by atoms with E-state index in [1.165, 1.54) is 11.1 Å². The maximum atomic E-state index is 13.5. The Morgan fingerprint density at radius 1 is 1.16 bits per heavy atom. The van der Waals surface area contributed by atoms with Gasteiger partial charge in [0, 0.05) is 24.2 Å². The van der Waals surface area contributed by atoms with Crippen LogP contribution >= 0.6 is 0 Å². The van der Waals surface area contributed by atoms with Crippen molar-refractivity contribution in [3.05, 3.63) is 59.2 Å². The number of benzene rings is 2. The van der Waals surface area contributed by atoms with E-state index in [2.05, 4.69) is 30.4 Å². The zero-order chi connectivity index (χ0) is 22.3. The van der Waals surface area contributed by atoms with Crippen LogP contribution in [0.2, 0.25) is 0 Å². The van der Waals surface area contributed by atoms with Gasteiger partial charge in [0.1, 0.15) is 11.6 Å². The van der Waals surface area contributed by atoms with Crippen LogP contribution in [0.15, 0.2) is 47.5 Å². The lowest BCUT2D eigenvalue weighted by Crippen LogP contribution is -2.52. The number of rotatable bonds is 3. The molecular weight excluding hydrogens is 390 g/mol. The number of nitrogens with zero attached hydrogens (tertiary/aromatic N) is 2. The predicted octanol–water partition coefficient (Wildman–Crippen LogP) is 4.49. The molecule has 2 unspecified atom stereocenters. The van der Waals surface area contributed by atoms with E-state index in [0.717, 1.165) is 29.1 Å². The molecule has 2 aliphatic rings. The third-order valence-electron chi connectivity index (χ3n) is 5.58. The van der Waals surface area contributed by atoms with Crippen LogP contribution in [0.25, 0.3) is 0 Å². The molecule has 0 aromatic heterocycles. The molecule has 0 radical (unpaired) electrons. The fourth-order valence-electron chi connectivity index (χ4n) is 4.19. The molecule has 2 heterocycles. The molecular formula is C25H29N3O3. The standard InChI is InChI=1S/C25H29N3O3/c1-15-10-11-17-13-20(27-19(17)12-15)22-14-18-8-6-7-9-21(18)28(22)23(29)16(2)26-24(30)31-25(3,4)5/h6-12,16,22H,13-14H2,1-5H3,(H,26,30). The highest BCUT2D eigenvalue weighted by atomic mass is 16.6. The Morgan fingerprint density at radius 3 is 2.65 bits per heavy atom. The van der Waals surface area contributed by atoms with E-state index >= 15 is 0 Å². The highest BCUT2D eigenvalue weighted by molar-refractivity contribution is 6.10. The van der Waals surface area contributed by atoms with Crippen molar-refractivity contribution in [2.75, 3.05) is 4.90 Å². The van der Waals surface area contributed by atoms with Crippen LogP contribution in [0, 0.1) is 6.92 Å². The third kappa shape index (κ3) is 4.33. The number of para-hydroxylation sites is 1. The molecule has 2 aromatic rings. The van der Waals surface area contributed by atoms with Crippen LogP contribution in [-0.2, 0) is 22.4 Å². The van der Waals surface area contributed by atoms with Gasteiger partial charge in [-0.3, -0.25) is 9.79 Å². The van der Waals surface area contributed by atoms with Gasteiger partial charge in [0.25, 0.3) is 0 Å². The Labute approximate surface area is 183 Å². The van der Waals surface area contributed by atoms with Crippen LogP contribution in [0.5, 0.6) is 0 Å². The van der Waals surface area contributed by atoms with Crippen molar-refractivity contribution in [1.82, 2.24) is 5.32 Å². The number of carbonyl (C=O) groups is 2. The molecule has 0 fully saturated rings. The van der Waals surface area contributed by atoms with E-state index < -0.39 is 17.7 Å². The van der Waals surface area contributed by atoms with E-state index in [0.29, 0.717) is 6.42 Å². The number of hydrogen-bond acceptors (Lipinski definition) is 4. The van der Waals surface area contributed by atoms with E-state index in [1.54, 1.807) is 32.6 Å². The van der Waals surface area contributed by atoms with Crippen molar-refractivity contribution in [3.63, 3.8) is 0 Å². The molecule has 0 saturated carbocycles. The number of aliphatic imine (C=N–C) groups is 1. The molecule has 2 atom stereocenters. The maximum absolute atomic E-state index is 13.5. The lowest BCUT2D eigenvalue weighted by Gasteiger charge is -2.29. The molecule has 6 heteroatoms. The summed E-state index contributed by atoms with van der Waals surface area (Å²) in [6.07, 6.45) is 0.845. The highest BCUT2D eigenvalue weighted by Crippen LogP contribution is 2.37. The second-order valence-corrected chi connectivity index (χ2v) is 9.34. The quantitative estimate of drug-likeness (QED) is 0.797. The number of carbonyl (C=O) groups excluding carboxylic acids is 2. The minimum atomic E-state index is -0.727. The topological polar surface area (TPSA) is 71.0 Å². The summed E-state index contributed by atoms with van der Waals surface area (Å²) in [5.41, 5.74) is 5.68. The summed E-state index contributed by atoms with van der Waals surface area (Å²) < 4.78 is 5.33. The molecule has 1 N–H and O–H groups in total. The largest absolute Gasteiger partial charge is 0.444 e. The number of ether oxygens (including phenoxy) is 1. The first-order chi connectivity index (χ1) is 14.6. The summed E-state index contributed by atoms with van der Waals surface area (Å²) in [7, 11) is 0. The average molecular weight is 420 g/mol. The van der Waals surface area contributed by atoms with Crippen molar-refractivity contribution < 1.29 is 14.3 Å². The van der Waals surface area contributed by atoms with E-state index in [1.807, 2.05) is 24.3 Å². The zero-order valence-electron chi connectivity index (χ0n) is 18.7.